The Morgan fingerprint density at radius 2 is 1.87 bits per heavy atom. The molecule has 0 aliphatic carbocycles. The molecule has 0 aromatic heterocycles. The Morgan fingerprint density at radius 3 is 2.67 bits per heavy atom. The van der Waals surface area contributed by atoms with Crippen molar-refractivity contribution in [2.45, 2.75) is 51.9 Å². The molecule has 2 heterocycles. The lowest BCUT2D eigenvalue weighted by molar-refractivity contribution is -0.117. The van der Waals surface area contributed by atoms with E-state index in [2.05, 4.69) is 42.2 Å². The molecule has 30 heavy (non-hydrogen) atoms. The molecule has 2 aromatic carbocycles. The number of hydrogen-bond donors (Lipinski definition) is 0. The van der Waals surface area contributed by atoms with Crippen LogP contribution in [0.2, 0.25) is 0 Å². The fourth-order valence-corrected chi connectivity index (χ4v) is 4.77. The van der Waals surface area contributed by atoms with Gasteiger partial charge in [-0.05, 0) is 74.0 Å². The Hall–Kier alpha value is -2.46. The molecule has 4 rings (SSSR count). The highest BCUT2D eigenvalue weighted by Crippen LogP contribution is 2.37. The van der Waals surface area contributed by atoms with Crippen LogP contribution < -0.4 is 4.90 Å². The zero-order valence-corrected chi connectivity index (χ0v) is 18.0. The minimum atomic E-state index is 0.186. The van der Waals surface area contributed by atoms with Crippen molar-refractivity contribution in [3.63, 3.8) is 0 Å². The van der Waals surface area contributed by atoms with Crippen molar-refractivity contribution in [2.75, 3.05) is 31.1 Å². The van der Waals surface area contributed by atoms with Gasteiger partial charge in [0.05, 0.1) is 12.1 Å². The molecule has 0 atom stereocenters. The number of benzene rings is 2. The van der Waals surface area contributed by atoms with E-state index in [1.165, 1.54) is 11.1 Å². The highest BCUT2D eigenvalue weighted by atomic mass is 16.2. The van der Waals surface area contributed by atoms with Gasteiger partial charge in [0.1, 0.15) is 0 Å². The number of Topliss-reactive ketones (excluding diaryl/α,β-unsaturated/α-hetero) is 1. The largest absolute Gasteiger partial charge is 0.312 e. The van der Waals surface area contributed by atoms with Gasteiger partial charge in [-0.3, -0.25) is 9.59 Å². The Kier molecular flexibility index (Phi) is 6.63. The molecule has 0 N–H and O–H groups in total. The van der Waals surface area contributed by atoms with Gasteiger partial charge in [-0.1, -0.05) is 37.3 Å². The number of unbranched alkanes of at least 4 members (excludes halogenated alkanes) is 1. The molecular formula is C26H32N2O2. The van der Waals surface area contributed by atoms with Crippen LogP contribution in [-0.4, -0.2) is 42.8 Å². The van der Waals surface area contributed by atoms with Gasteiger partial charge in [0.25, 0.3) is 0 Å². The van der Waals surface area contributed by atoms with Crippen molar-refractivity contribution >= 4 is 17.4 Å². The predicted molar refractivity (Wildman–Crippen MR) is 121 cm³/mol. The SMILES string of the molecule is CCN(CCCCC(=O)c1cc2c3c(c1)CC(=O)N3CCC2)CCc1ccccc1. The second-order valence-electron chi connectivity index (χ2n) is 8.52. The molecule has 2 aliphatic heterocycles. The van der Waals surface area contributed by atoms with E-state index in [1.807, 2.05) is 17.0 Å². The minimum absolute atomic E-state index is 0.186. The van der Waals surface area contributed by atoms with Gasteiger partial charge in [-0.15, -0.1) is 0 Å². The van der Waals surface area contributed by atoms with Crippen LogP contribution in [0, 0.1) is 0 Å². The Balaban J connectivity index is 1.26. The molecule has 2 aliphatic rings. The van der Waals surface area contributed by atoms with Crippen molar-refractivity contribution in [3.8, 4) is 0 Å². The third kappa shape index (κ3) is 4.65. The summed E-state index contributed by atoms with van der Waals surface area (Å²) >= 11 is 0. The summed E-state index contributed by atoms with van der Waals surface area (Å²) < 4.78 is 0. The second-order valence-corrected chi connectivity index (χ2v) is 8.52. The first-order valence-corrected chi connectivity index (χ1v) is 11.4. The molecule has 4 nitrogen and oxygen atoms in total. The molecule has 0 spiro atoms. The number of anilines is 1. The smallest absolute Gasteiger partial charge is 0.231 e. The molecule has 2 aromatic rings. The summed E-state index contributed by atoms with van der Waals surface area (Å²) in [6.45, 7) is 6.17. The Bertz CT molecular complexity index is 907. The summed E-state index contributed by atoms with van der Waals surface area (Å²) in [6.07, 6.45) is 6.03. The van der Waals surface area contributed by atoms with E-state index >= 15 is 0 Å². The van der Waals surface area contributed by atoms with E-state index in [4.69, 9.17) is 0 Å². The summed E-state index contributed by atoms with van der Waals surface area (Å²) in [5.74, 6) is 0.406. The standard InChI is InChI=1S/C26H32N2O2/c1-2-27(16-13-20-9-4-3-5-10-20)14-7-6-12-24(29)22-17-21-11-8-15-28-25(30)19-23(18-22)26(21)28/h3-5,9-10,17-18H,2,6-8,11-16,19H2,1H3. The highest BCUT2D eigenvalue weighted by Gasteiger charge is 2.32. The molecule has 0 unspecified atom stereocenters. The zero-order valence-electron chi connectivity index (χ0n) is 18.0. The molecule has 0 saturated carbocycles. The van der Waals surface area contributed by atoms with Crippen molar-refractivity contribution in [1.82, 2.24) is 4.90 Å². The fraction of sp³-hybridized carbons (Fsp3) is 0.462. The van der Waals surface area contributed by atoms with Crippen LogP contribution in [0.3, 0.4) is 0 Å². The number of ketones is 1. The number of aryl methyl sites for hydroxylation is 1. The van der Waals surface area contributed by atoms with E-state index in [0.29, 0.717) is 12.8 Å². The van der Waals surface area contributed by atoms with Gasteiger partial charge in [-0.25, -0.2) is 0 Å². The molecule has 1 amide bonds. The first-order chi connectivity index (χ1) is 14.7. The second kappa shape index (κ2) is 9.57. The number of amides is 1. The first kappa shape index (κ1) is 20.8. The van der Waals surface area contributed by atoms with Crippen LogP contribution in [-0.2, 0) is 24.1 Å². The van der Waals surface area contributed by atoms with Crippen molar-refractivity contribution in [3.05, 3.63) is 64.7 Å². The van der Waals surface area contributed by atoms with Gasteiger partial charge >= 0.3 is 0 Å². The lowest BCUT2D eigenvalue weighted by Crippen LogP contribution is -2.31. The number of carbonyl (C=O) groups excluding carboxylic acids is 2. The maximum absolute atomic E-state index is 12.8. The van der Waals surface area contributed by atoms with Crippen LogP contribution in [0.25, 0.3) is 0 Å². The van der Waals surface area contributed by atoms with Gasteiger partial charge in [0.15, 0.2) is 5.78 Å². The third-order valence-corrected chi connectivity index (χ3v) is 6.47. The topological polar surface area (TPSA) is 40.6 Å². The molecule has 0 saturated heterocycles. The van der Waals surface area contributed by atoms with Crippen LogP contribution in [0.4, 0.5) is 5.69 Å². The summed E-state index contributed by atoms with van der Waals surface area (Å²) in [4.78, 5) is 29.4. The number of carbonyl (C=O) groups is 2. The minimum Gasteiger partial charge on any atom is -0.312 e. The quantitative estimate of drug-likeness (QED) is 0.434. The average molecular weight is 405 g/mol. The van der Waals surface area contributed by atoms with E-state index < -0.39 is 0 Å². The predicted octanol–water partition coefficient (Wildman–Crippen LogP) is 4.44. The van der Waals surface area contributed by atoms with Crippen LogP contribution in [0.1, 0.15) is 59.7 Å². The highest BCUT2D eigenvalue weighted by molar-refractivity contribution is 6.05. The zero-order chi connectivity index (χ0) is 20.9. The number of nitrogens with zero attached hydrogens (tertiary/aromatic N) is 2. The molecule has 0 bridgehead atoms. The molecular weight excluding hydrogens is 372 g/mol. The summed E-state index contributed by atoms with van der Waals surface area (Å²) in [5.41, 5.74) is 5.52. The maximum atomic E-state index is 12.8. The summed E-state index contributed by atoms with van der Waals surface area (Å²) in [5, 5.41) is 0. The van der Waals surface area contributed by atoms with Gasteiger partial charge in [-0.2, -0.15) is 0 Å². The molecule has 4 heteroatoms. The number of likely N-dealkylation sites (N-methyl/N-ethyl adjacent to an activating group) is 1. The number of hydrogen-bond acceptors (Lipinski definition) is 3. The van der Waals surface area contributed by atoms with Crippen molar-refractivity contribution in [2.24, 2.45) is 0 Å². The van der Waals surface area contributed by atoms with Crippen LogP contribution in [0.5, 0.6) is 0 Å². The third-order valence-electron chi connectivity index (χ3n) is 6.47. The Morgan fingerprint density at radius 1 is 1.07 bits per heavy atom. The monoisotopic (exact) mass is 404 g/mol. The van der Waals surface area contributed by atoms with Gasteiger partial charge in [0, 0.05) is 25.1 Å². The fourth-order valence-electron chi connectivity index (χ4n) is 4.77. The normalized spacial score (nSPS) is 15.0. The van der Waals surface area contributed by atoms with Crippen LogP contribution in [0.15, 0.2) is 42.5 Å². The average Bonchev–Trinajstić information content (AvgIpc) is 3.10. The maximum Gasteiger partial charge on any atom is 0.231 e. The van der Waals surface area contributed by atoms with E-state index in [0.717, 1.165) is 75.1 Å². The van der Waals surface area contributed by atoms with Crippen molar-refractivity contribution < 1.29 is 9.59 Å². The van der Waals surface area contributed by atoms with E-state index in [1.54, 1.807) is 0 Å². The van der Waals surface area contributed by atoms with E-state index in [9.17, 15) is 9.59 Å². The lowest BCUT2D eigenvalue weighted by atomic mass is 9.94. The Labute approximate surface area is 179 Å². The first-order valence-electron chi connectivity index (χ1n) is 11.4. The van der Waals surface area contributed by atoms with Gasteiger partial charge < -0.3 is 9.80 Å². The number of rotatable bonds is 10. The lowest BCUT2D eigenvalue weighted by Gasteiger charge is -2.25. The van der Waals surface area contributed by atoms with Gasteiger partial charge in [0.2, 0.25) is 5.91 Å². The summed E-state index contributed by atoms with van der Waals surface area (Å²) in [7, 11) is 0. The molecule has 158 valence electrons. The van der Waals surface area contributed by atoms with E-state index in [-0.39, 0.29) is 11.7 Å². The summed E-state index contributed by atoms with van der Waals surface area (Å²) in [6, 6.07) is 14.6. The van der Waals surface area contributed by atoms with Crippen molar-refractivity contribution in [1.29, 1.82) is 0 Å². The van der Waals surface area contributed by atoms with Crippen LogP contribution >= 0.6 is 0 Å². The molecule has 0 radical (unpaired) electrons. The molecule has 0 fully saturated rings.